The molecule has 5 aromatic rings. The number of aromatic nitrogens is 6. The Bertz CT molecular complexity index is 1470. The van der Waals surface area contributed by atoms with Gasteiger partial charge in [-0.2, -0.15) is 5.21 Å². The fourth-order valence-electron chi connectivity index (χ4n) is 4.44. The van der Waals surface area contributed by atoms with Gasteiger partial charge in [-0.15, -0.1) is 10.2 Å². The number of benzene rings is 3. The number of aromatic amines is 1. The minimum absolute atomic E-state index is 0.218. The smallest absolute Gasteiger partial charge is 0.337 e. The zero-order chi connectivity index (χ0) is 24.4. The van der Waals surface area contributed by atoms with Gasteiger partial charge in [0.2, 0.25) is 5.82 Å². The third-order valence-corrected chi connectivity index (χ3v) is 6.08. The quantitative estimate of drug-likeness (QED) is 0.307. The first kappa shape index (κ1) is 22.4. The number of nitrogens with one attached hydrogen (secondary N) is 1. The van der Waals surface area contributed by atoms with E-state index < -0.39 is 5.97 Å². The third-order valence-electron chi connectivity index (χ3n) is 6.08. The number of aromatic carboxylic acids is 1. The highest BCUT2D eigenvalue weighted by atomic mass is 16.4. The van der Waals surface area contributed by atoms with Crippen LogP contribution in [-0.2, 0) is 6.54 Å². The maximum absolute atomic E-state index is 12.0. The Kier molecular flexibility index (Phi) is 6.07. The van der Waals surface area contributed by atoms with Crippen molar-refractivity contribution in [3.05, 3.63) is 83.7 Å². The molecule has 176 valence electrons. The van der Waals surface area contributed by atoms with Gasteiger partial charge in [0.25, 0.3) is 0 Å². The van der Waals surface area contributed by atoms with Crippen molar-refractivity contribution in [1.82, 2.24) is 30.2 Å². The number of para-hydroxylation sites is 1. The molecule has 9 heteroatoms. The molecule has 0 radical (unpaired) electrons. The van der Waals surface area contributed by atoms with E-state index >= 15 is 0 Å². The molecule has 5 rings (SSSR count). The van der Waals surface area contributed by atoms with Gasteiger partial charge in [0.15, 0.2) is 0 Å². The van der Waals surface area contributed by atoms with Gasteiger partial charge in [0.05, 0.1) is 22.6 Å². The fraction of sp³-hybridized carbons (Fsp3) is 0.192. The number of H-pyrrole nitrogens is 1. The van der Waals surface area contributed by atoms with Crippen LogP contribution in [0.25, 0.3) is 33.5 Å². The predicted molar refractivity (Wildman–Crippen MR) is 133 cm³/mol. The number of hydrogen-bond donors (Lipinski definition) is 3. The number of imidazole rings is 1. The van der Waals surface area contributed by atoms with Crippen LogP contribution in [0, 0.1) is 0 Å². The molecule has 2 aromatic heterocycles. The van der Waals surface area contributed by atoms with Gasteiger partial charge in [-0.3, -0.25) is 0 Å². The zero-order valence-corrected chi connectivity index (χ0v) is 19.2. The van der Waals surface area contributed by atoms with Crippen molar-refractivity contribution < 1.29 is 9.90 Å². The summed E-state index contributed by atoms with van der Waals surface area (Å²) < 4.78 is 1.95. The summed E-state index contributed by atoms with van der Waals surface area (Å²) in [4.78, 5) is 16.7. The summed E-state index contributed by atoms with van der Waals surface area (Å²) in [6.07, 6.45) is 1.67. The fourth-order valence-corrected chi connectivity index (χ4v) is 4.44. The molecule has 0 fully saturated rings. The Morgan fingerprint density at radius 2 is 1.83 bits per heavy atom. The molecule has 9 nitrogen and oxygen atoms in total. The standard InChI is InChI=1S/C26H25N7O2/c1-2-6-21(27)25-28-22-10-5-9-20(26(34)35)23(22)33(25)15-16-11-13-17(14-12-16)18-7-3-4-8-19(18)24-29-31-32-30-24/h3-5,7-14,21H,2,6,15,27H2,1H3,(H,34,35)(H,29,30,31,32). The number of hydrogen-bond acceptors (Lipinski definition) is 6. The Hall–Kier alpha value is -4.37. The molecule has 0 amide bonds. The van der Waals surface area contributed by atoms with Gasteiger partial charge < -0.3 is 15.4 Å². The number of nitrogens with two attached hydrogens (primary N) is 1. The van der Waals surface area contributed by atoms with Crippen LogP contribution in [0.15, 0.2) is 66.7 Å². The van der Waals surface area contributed by atoms with Crippen LogP contribution >= 0.6 is 0 Å². The number of carboxylic acids is 1. The van der Waals surface area contributed by atoms with E-state index in [2.05, 4.69) is 27.5 Å². The first-order valence-electron chi connectivity index (χ1n) is 11.5. The summed E-state index contributed by atoms with van der Waals surface area (Å²) in [5.41, 5.74) is 11.8. The van der Waals surface area contributed by atoms with Gasteiger partial charge in [0, 0.05) is 12.1 Å². The normalized spacial score (nSPS) is 12.2. The van der Waals surface area contributed by atoms with Gasteiger partial charge >= 0.3 is 5.97 Å². The molecule has 2 heterocycles. The second-order valence-corrected chi connectivity index (χ2v) is 8.41. The highest BCUT2D eigenvalue weighted by molar-refractivity contribution is 6.01. The van der Waals surface area contributed by atoms with E-state index in [-0.39, 0.29) is 11.6 Å². The Morgan fingerprint density at radius 3 is 2.51 bits per heavy atom. The largest absolute Gasteiger partial charge is 0.478 e. The molecule has 0 aliphatic carbocycles. The lowest BCUT2D eigenvalue weighted by Gasteiger charge is -2.15. The van der Waals surface area contributed by atoms with Crippen molar-refractivity contribution in [2.24, 2.45) is 5.73 Å². The molecular weight excluding hydrogens is 442 g/mol. The summed E-state index contributed by atoms with van der Waals surface area (Å²) in [7, 11) is 0. The van der Waals surface area contributed by atoms with Crippen LogP contribution in [0.3, 0.4) is 0 Å². The molecule has 0 saturated carbocycles. The van der Waals surface area contributed by atoms with Crippen molar-refractivity contribution in [1.29, 1.82) is 0 Å². The first-order valence-corrected chi connectivity index (χ1v) is 11.5. The molecule has 35 heavy (non-hydrogen) atoms. The zero-order valence-electron chi connectivity index (χ0n) is 19.2. The van der Waals surface area contributed by atoms with Crippen LogP contribution in [0.4, 0.5) is 0 Å². The number of carboxylic acid groups (broad SMARTS) is 1. The molecule has 4 N–H and O–H groups in total. The van der Waals surface area contributed by atoms with E-state index in [1.807, 2.05) is 59.2 Å². The number of fused-ring (bicyclic) bond motifs is 1. The average Bonchev–Trinajstić information content (AvgIpc) is 3.53. The predicted octanol–water partition coefficient (Wildman–Crippen LogP) is 4.43. The molecule has 3 aromatic carbocycles. The summed E-state index contributed by atoms with van der Waals surface area (Å²) >= 11 is 0. The summed E-state index contributed by atoms with van der Waals surface area (Å²) in [6.45, 7) is 2.53. The molecular formula is C26H25N7O2. The summed E-state index contributed by atoms with van der Waals surface area (Å²) in [5.74, 6) is 0.244. The number of rotatable bonds is 8. The monoisotopic (exact) mass is 467 g/mol. The Labute approximate surface area is 201 Å². The number of nitrogens with zero attached hydrogens (tertiary/aromatic N) is 5. The second-order valence-electron chi connectivity index (χ2n) is 8.41. The SMILES string of the molecule is CCCC(N)c1nc2cccc(C(=O)O)c2n1Cc1ccc(-c2ccccc2-c2nn[nH]n2)cc1. The van der Waals surface area contributed by atoms with Crippen molar-refractivity contribution in [3.63, 3.8) is 0 Å². The Balaban J connectivity index is 1.54. The molecule has 0 saturated heterocycles. The maximum atomic E-state index is 12.0. The lowest BCUT2D eigenvalue weighted by molar-refractivity contribution is 0.0698. The van der Waals surface area contributed by atoms with E-state index in [4.69, 9.17) is 10.7 Å². The van der Waals surface area contributed by atoms with Gasteiger partial charge in [-0.05, 0) is 40.5 Å². The molecule has 1 atom stereocenters. The van der Waals surface area contributed by atoms with E-state index in [0.717, 1.165) is 35.1 Å². The van der Waals surface area contributed by atoms with Crippen LogP contribution in [0.2, 0.25) is 0 Å². The molecule has 0 spiro atoms. The molecule has 1 unspecified atom stereocenters. The number of tetrazole rings is 1. The highest BCUT2D eigenvalue weighted by Crippen LogP contribution is 2.31. The summed E-state index contributed by atoms with van der Waals surface area (Å²) in [6, 6.07) is 20.9. The average molecular weight is 468 g/mol. The lowest BCUT2D eigenvalue weighted by Crippen LogP contribution is -2.17. The van der Waals surface area contributed by atoms with E-state index in [1.54, 1.807) is 12.1 Å². The molecule has 0 aliphatic heterocycles. The van der Waals surface area contributed by atoms with E-state index in [0.29, 0.717) is 29.2 Å². The second kappa shape index (κ2) is 9.47. The first-order chi connectivity index (χ1) is 17.1. The Morgan fingerprint density at radius 1 is 1.06 bits per heavy atom. The van der Waals surface area contributed by atoms with E-state index in [1.165, 1.54) is 0 Å². The van der Waals surface area contributed by atoms with Crippen molar-refractivity contribution in [2.75, 3.05) is 0 Å². The molecule has 0 aliphatic rings. The maximum Gasteiger partial charge on any atom is 0.337 e. The summed E-state index contributed by atoms with van der Waals surface area (Å²) in [5, 5.41) is 24.2. The van der Waals surface area contributed by atoms with Gasteiger partial charge in [-0.1, -0.05) is 67.9 Å². The highest BCUT2D eigenvalue weighted by Gasteiger charge is 2.21. The van der Waals surface area contributed by atoms with Crippen LogP contribution in [-0.4, -0.2) is 41.3 Å². The van der Waals surface area contributed by atoms with Crippen molar-refractivity contribution in [2.45, 2.75) is 32.4 Å². The molecule has 0 bridgehead atoms. The minimum atomic E-state index is -0.985. The van der Waals surface area contributed by atoms with Crippen molar-refractivity contribution in [3.8, 4) is 22.5 Å². The van der Waals surface area contributed by atoms with Crippen molar-refractivity contribution >= 4 is 17.0 Å². The lowest BCUT2D eigenvalue weighted by atomic mass is 9.98. The minimum Gasteiger partial charge on any atom is -0.478 e. The van der Waals surface area contributed by atoms with Crippen LogP contribution < -0.4 is 5.73 Å². The van der Waals surface area contributed by atoms with Gasteiger partial charge in [0.1, 0.15) is 5.82 Å². The van der Waals surface area contributed by atoms with E-state index in [9.17, 15) is 9.90 Å². The third kappa shape index (κ3) is 4.29. The number of carbonyl (C=O) groups is 1. The van der Waals surface area contributed by atoms with Crippen LogP contribution in [0.1, 0.15) is 47.6 Å². The van der Waals surface area contributed by atoms with Crippen LogP contribution in [0.5, 0.6) is 0 Å². The topological polar surface area (TPSA) is 136 Å². The van der Waals surface area contributed by atoms with Gasteiger partial charge in [-0.25, -0.2) is 9.78 Å².